The first-order valence-corrected chi connectivity index (χ1v) is 24.8. The number of imide groups is 2. The van der Waals surface area contributed by atoms with Gasteiger partial charge in [0.1, 0.15) is 22.9 Å². The summed E-state index contributed by atoms with van der Waals surface area (Å²) in [6.45, 7) is 11.6. The lowest BCUT2D eigenvalue weighted by Gasteiger charge is -2.27. The highest BCUT2D eigenvalue weighted by atomic mass is 35.5. The summed E-state index contributed by atoms with van der Waals surface area (Å²) in [5, 5.41) is 15.7. The van der Waals surface area contributed by atoms with E-state index in [-0.39, 0.29) is 36.3 Å². The molecule has 1 fully saturated rings. The molecule has 1 unspecified atom stereocenters. The molecule has 3 aliphatic heterocycles. The first kappa shape index (κ1) is 51.0. The van der Waals surface area contributed by atoms with Crippen molar-refractivity contribution < 1.29 is 52.4 Å². The van der Waals surface area contributed by atoms with Crippen molar-refractivity contribution in [1.29, 1.82) is 0 Å². The van der Waals surface area contributed by atoms with Crippen LogP contribution in [0.1, 0.15) is 85.7 Å². The number of thioether (sulfide) groups is 1. The number of halogens is 1. The molecule has 3 aliphatic rings. The van der Waals surface area contributed by atoms with Gasteiger partial charge in [-0.25, -0.2) is 0 Å². The summed E-state index contributed by atoms with van der Waals surface area (Å²) in [6, 6.07) is 11.1. The second kappa shape index (κ2) is 25.1. The summed E-state index contributed by atoms with van der Waals surface area (Å²) in [6.07, 6.45) is 0.945. The lowest BCUT2D eigenvalue weighted by molar-refractivity contribution is -0.136. The summed E-state index contributed by atoms with van der Waals surface area (Å²) in [5.74, 6) is -0.314. The molecule has 5 heterocycles. The number of carbonyl (C=O) groups is 5. The number of nitrogens with one attached hydrogen (secondary N) is 2. The quantitative estimate of drug-likeness (QED) is 0.0458. The number of hydrogen-bond acceptors (Lipinski definition) is 16. The minimum Gasteiger partial charge on any atom is -0.379 e. The zero-order valence-electron chi connectivity index (χ0n) is 38.3. The number of nitrogens with zero attached hydrogens (tertiary/aromatic N) is 5. The highest BCUT2D eigenvalue weighted by Gasteiger charge is 2.45. The molecule has 0 saturated carbocycles. The number of amides is 5. The minimum atomic E-state index is -1.00. The summed E-state index contributed by atoms with van der Waals surface area (Å²) >= 11 is 9.28. The maximum absolute atomic E-state index is 13.2. The van der Waals surface area contributed by atoms with Crippen molar-refractivity contribution in [2.75, 3.05) is 91.6 Å². The average molecular weight is 995 g/mol. The second-order valence-corrected chi connectivity index (χ2v) is 18.7. The Balaban J connectivity index is 0.664. The van der Waals surface area contributed by atoms with Crippen molar-refractivity contribution in [3.8, 4) is 5.00 Å². The number of aryl methyl sites for hydroxylation is 2. The molecule has 0 aliphatic carbocycles. The van der Waals surface area contributed by atoms with Crippen LogP contribution in [-0.4, -0.2) is 153 Å². The highest BCUT2D eigenvalue weighted by molar-refractivity contribution is 7.99. The zero-order chi connectivity index (χ0) is 48.0. The van der Waals surface area contributed by atoms with E-state index in [1.54, 1.807) is 29.5 Å². The Labute approximate surface area is 407 Å². The molecule has 2 atom stereocenters. The predicted octanol–water partition coefficient (Wildman–Crippen LogP) is 4.99. The molecule has 1 saturated heterocycles. The third-order valence-electron chi connectivity index (χ3n) is 11.3. The first-order valence-electron chi connectivity index (χ1n) is 22.6. The number of carbonyl (C=O) groups excluding carboxylic acids is 5. The zero-order valence-corrected chi connectivity index (χ0v) is 40.7. The minimum absolute atomic E-state index is 0.0689. The van der Waals surface area contributed by atoms with E-state index in [4.69, 9.17) is 45.0 Å². The van der Waals surface area contributed by atoms with Crippen LogP contribution in [0.25, 0.3) is 5.00 Å². The van der Waals surface area contributed by atoms with E-state index in [0.717, 1.165) is 38.1 Å². The molecule has 2 aromatic carbocycles. The predicted molar refractivity (Wildman–Crippen MR) is 254 cm³/mol. The van der Waals surface area contributed by atoms with Crippen molar-refractivity contribution in [3.63, 3.8) is 0 Å². The Kier molecular flexibility index (Phi) is 18.8. The Bertz CT molecular complexity index is 2460. The van der Waals surface area contributed by atoms with Gasteiger partial charge in [-0.1, -0.05) is 29.8 Å². The fourth-order valence-corrected chi connectivity index (χ4v) is 10.1. The van der Waals surface area contributed by atoms with E-state index in [9.17, 15) is 24.0 Å². The van der Waals surface area contributed by atoms with E-state index >= 15 is 0 Å². The normalized spacial score (nSPS) is 16.6. The Morgan fingerprint density at radius 1 is 0.809 bits per heavy atom. The van der Waals surface area contributed by atoms with Crippen LogP contribution in [0.3, 0.4) is 0 Å². The van der Waals surface area contributed by atoms with Crippen molar-refractivity contribution >= 4 is 69.9 Å². The molecule has 68 heavy (non-hydrogen) atoms. The number of rotatable bonds is 27. The monoisotopic (exact) mass is 993 g/mol. The molecule has 4 aromatic rings. The van der Waals surface area contributed by atoms with Crippen LogP contribution in [0.2, 0.25) is 5.02 Å². The van der Waals surface area contributed by atoms with Crippen LogP contribution in [0.15, 0.2) is 52.4 Å². The molecule has 21 heteroatoms. The van der Waals surface area contributed by atoms with Gasteiger partial charge >= 0.3 is 0 Å². The van der Waals surface area contributed by atoms with Crippen molar-refractivity contribution in [1.82, 2.24) is 30.3 Å². The van der Waals surface area contributed by atoms with Gasteiger partial charge in [0.2, 0.25) is 17.7 Å². The molecule has 0 bridgehead atoms. The summed E-state index contributed by atoms with van der Waals surface area (Å²) < 4.78 is 35.7. The lowest BCUT2D eigenvalue weighted by Crippen LogP contribution is -2.54. The van der Waals surface area contributed by atoms with E-state index in [1.165, 1.54) is 16.6 Å². The van der Waals surface area contributed by atoms with E-state index in [0.29, 0.717) is 114 Å². The summed E-state index contributed by atoms with van der Waals surface area (Å²) in [7, 11) is 0. The van der Waals surface area contributed by atoms with Gasteiger partial charge in [-0.15, -0.1) is 33.3 Å². The largest absolute Gasteiger partial charge is 0.379 e. The van der Waals surface area contributed by atoms with Crippen LogP contribution in [-0.2, 0) is 42.8 Å². The number of ether oxygens (including phenoxy) is 6. The van der Waals surface area contributed by atoms with Crippen molar-refractivity contribution in [2.45, 2.75) is 63.4 Å². The van der Waals surface area contributed by atoms with Crippen LogP contribution in [0.5, 0.6) is 0 Å². The van der Waals surface area contributed by atoms with Gasteiger partial charge < -0.3 is 33.7 Å². The highest BCUT2D eigenvalue weighted by Crippen LogP contribution is 2.40. The third-order valence-corrected chi connectivity index (χ3v) is 13.8. The third kappa shape index (κ3) is 12.8. The molecule has 5 amide bonds. The maximum Gasteiger partial charge on any atom is 0.263 e. The van der Waals surface area contributed by atoms with Crippen molar-refractivity contribution in [3.05, 3.63) is 91.8 Å². The number of fused-ring (bicyclic) bond motifs is 4. The molecule has 0 spiro atoms. The SMILES string of the molecule is Cc1sc2c(c1C)C(c1ccc(Cl)cc1)=N[C@@H](CC(=O)NCCCOCCOCCOCCOCCOCCOCCSc1cccc3c1C(=O)N(C1CCC(=O)NC1=O)C3=O)c1nnc(C)n1-2. The molecule has 0 radical (unpaired) electrons. The fourth-order valence-electron chi connectivity index (χ4n) is 7.80. The fraction of sp³-hybridized carbons (Fsp3) is 0.489. The van der Waals surface area contributed by atoms with Crippen LogP contribution in [0.4, 0.5) is 0 Å². The molecular weight excluding hydrogens is 938 g/mol. The Morgan fingerprint density at radius 2 is 1.44 bits per heavy atom. The maximum atomic E-state index is 13.2. The number of piperidine rings is 1. The number of aromatic nitrogens is 3. The molecule has 7 rings (SSSR count). The van der Waals surface area contributed by atoms with Crippen LogP contribution >= 0.6 is 34.7 Å². The molecular formula is C47H56ClN7O11S2. The number of hydrogen-bond donors (Lipinski definition) is 2. The van der Waals surface area contributed by atoms with Gasteiger partial charge in [0.05, 0.1) is 95.9 Å². The smallest absolute Gasteiger partial charge is 0.263 e. The molecule has 2 N–H and O–H groups in total. The topological polar surface area (TPSA) is 211 Å². The van der Waals surface area contributed by atoms with Gasteiger partial charge in [-0.3, -0.25) is 43.7 Å². The average Bonchev–Trinajstić information content (AvgIpc) is 3.90. The van der Waals surface area contributed by atoms with Crippen LogP contribution in [0, 0.1) is 20.8 Å². The van der Waals surface area contributed by atoms with Gasteiger partial charge in [0, 0.05) is 51.2 Å². The second-order valence-electron chi connectivity index (χ2n) is 16.0. The van der Waals surface area contributed by atoms with Crippen molar-refractivity contribution in [2.24, 2.45) is 4.99 Å². The molecule has 364 valence electrons. The Hall–Kier alpha value is -4.90. The molecule has 18 nitrogen and oxygen atoms in total. The molecule has 2 aromatic heterocycles. The summed E-state index contributed by atoms with van der Waals surface area (Å²) in [5.41, 5.74) is 4.41. The van der Waals surface area contributed by atoms with E-state index in [1.807, 2.05) is 35.8 Å². The van der Waals surface area contributed by atoms with Gasteiger partial charge in [0.25, 0.3) is 11.8 Å². The van der Waals surface area contributed by atoms with Gasteiger partial charge in [-0.05, 0) is 63.4 Å². The van der Waals surface area contributed by atoms with Gasteiger partial charge in [-0.2, -0.15) is 0 Å². The van der Waals surface area contributed by atoms with Gasteiger partial charge in [0.15, 0.2) is 5.82 Å². The number of aliphatic imine (C=N–C) groups is 1. The standard InChI is InChI=1S/C47H56ClN7O11S2/c1-29-30(2)68-47-40(29)42(32-8-10-33(48)11-9-32)50-35(43-53-52-31(3)54(43)47)28-39(57)49-14-5-15-61-16-17-62-18-19-63-20-21-64-22-23-65-24-25-66-26-27-67-37-7-4-6-34-41(37)46(60)55(45(34)59)36-12-13-38(56)51-44(36)58/h4,6-11,35-36H,5,12-28H2,1-3H3,(H,49,57)(H,51,56,58)/t35-,36?/m0/s1. The lowest BCUT2D eigenvalue weighted by atomic mass is 9.99. The van der Waals surface area contributed by atoms with Crippen LogP contribution < -0.4 is 10.6 Å². The Morgan fingerprint density at radius 3 is 2.09 bits per heavy atom. The number of thiophene rings is 1. The summed E-state index contributed by atoms with van der Waals surface area (Å²) in [4.78, 5) is 71.3. The number of benzene rings is 2. The van der Waals surface area contributed by atoms with E-state index < -0.39 is 35.7 Å². The first-order chi connectivity index (χ1) is 33.0. The van der Waals surface area contributed by atoms with E-state index in [2.05, 4.69) is 34.7 Å².